The van der Waals surface area contributed by atoms with Crippen molar-refractivity contribution in [3.63, 3.8) is 0 Å². The van der Waals surface area contributed by atoms with Crippen LogP contribution in [0, 0.1) is 5.92 Å². The van der Waals surface area contributed by atoms with Crippen LogP contribution in [-0.2, 0) is 4.79 Å². The molecule has 4 nitrogen and oxygen atoms in total. The Balaban J connectivity index is 2.08. The van der Waals surface area contributed by atoms with Crippen molar-refractivity contribution in [1.29, 1.82) is 0 Å². The Morgan fingerprint density at radius 1 is 1.45 bits per heavy atom. The highest BCUT2D eigenvalue weighted by molar-refractivity contribution is 6.05. The molecule has 2 aliphatic rings. The van der Waals surface area contributed by atoms with E-state index in [2.05, 4.69) is 24.1 Å². The second-order valence-electron chi connectivity index (χ2n) is 5.78. The maximum Gasteiger partial charge on any atom is 0.249 e. The first-order valence-electron chi connectivity index (χ1n) is 7.11. The number of carbonyl (C=O) groups is 1. The van der Waals surface area contributed by atoms with Crippen LogP contribution < -0.4 is 10.2 Å². The van der Waals surface area contributed by atoms with Crippen LogP contribution in [0.5, 0.6) is 5.75 Å². The largest absolute Gasteiger partial charge is 0.508 e. The Hall–Kier alpha value is -1.97. The minimum Gasteiger partial charge on any atom is -0.508 e. The molecule has 0 radical (unpaired) electrons. The molecule has 0 spiro atoms. The lowest BCUT2D eigenvalue weighted by Crippen LogP contribution is -2.47. The summed E-state index contributed by atoms with van der Waals surface area (Å²) in [5.41, 5.74) is 2.79. The number of nitrogens with one attached hydrogen (secondary N) is 1. The van der Waals surface area contributed by atoms with Crippen LogP contribution in [0.3, 0.4) is 0 Å². The van der Waals surface area contributed by atoms with Crippen molar-refractivity contribution in [2.75, 3.05) is 11.9 Å². The van der Waals surface area contributed by atoms with Gasteiger partial charge in [0.15, 0.2) is 0 Å². The highest BCUT2D eigenvalue weighted by Crippen LogP contribution is 2.39. The van der Waals surface area contributed by atoms with Crippen LogP contribution in [0.25, 0.3) is 6.08 Å². The number of benzene rings is 1. The number of likely N-dealkylation sites (N-methyl/N-ethyl adjacent to an activating group) is 1. The van der Waals surface area contributed by atoms with Gasteiger partial charge in [0.2, 0.25) is 5.91 Å². The van der Waals surface area contributed by atoms with E-state index >= 15 is 0 Å². The Bertz CT molecular complexity index is 594. The van der Waals surface area contributed by atoms with Crippen LogP contribution in [0.2, 0.25) is 0 Å². The van der Waals surface area contributed by atoms with Crippen LogP contribution in [0.1, 0.15) is 25.8 Å². The van der Waals surface area contributed by atoms with Gasteiger partial charge < -0.3 is 15.3 Å². The average molecular weight is 272 g/mol. The smallest absolute Gasteiger partial charge is 0.249 e. The van der Waals surface area contributed by atoms with Gasteiger partial charge in [0.25, 0.3) is 0 Å². The zero-order chi connectivity index (χ0) is 14.4. The molecule has 1 saturated heterocycles. The third kappa shape index (κ3) is 1.79. The number of fused-ring (bicyclic) bond motifs is 2. The number of amides is 1. The van der Waals surface area contributed by atoms with E-state index in [9.17, 15) is 9.90 Å². The predicted molar refractivity (Wildman–Crippen MR) is 79.7 cm³/mol. The first kappa shape index (κ1) is 13.0. The van der Waals surface area contributed by atoms with Crippen molar-refractivity contribution >= 4 is 17.7 Å². The number of hydrogen-bond donors (Lipinski definition) is 2. The van der Waals surface area contributed by atoms with Gasteiger partial charge in [-0.1, -0.05) is 20.3 Å². The first-order chi connectivity index (χ1) is 9.52. The minimum absolute atomic E-state index is 0.0332. The van der Waals surface area contributed by atoms with E-state index in [-0.39, 0.29) is 23.7 Å². The van der Waals surface area contributed by atoms with Gasteiger partial charge in [0.05, 0.1) is 12.1 Å². The van der Waals surface area contributed by atoms with E-state index < -0.39 is 0 Å². The molecule has 2 aliphatic heterocycles. The molecule has 3 atom stereocenters. The van der Waals surface area contributed by atoms with Gasteiger partial charge >= 0.3 is 0 Å². The topological polar surface area (TPSA) is 52.6 Å². The van der Waals surface area contributed by atoms with Crippen LogP contribution in [0.15, 0.2) is 23.8 Å². The van der Waals surface area contributed by atoms with Gasteiger partial charge in [-0.2, -0.15) is 0 Å². The molecule has 4 heteroatoms. The second-order valence-corrected chi connectivity index (χ2v) is 5.78. The molecule has 2 heterocycles. The van der Waals surface area contributed by atoms with Crippen LogP contribution in [-0.4, -0.2) is 30.1 Å². The van der Waals surface area contributed by atoms with Crippen molar-refractivity contribution in [2.24, 2.45) is 5.92 Å². The third-order valence-electron chi connectivity index (χ3n) is 4.60. The number of rotatable bonds is 2. The minimum atomic E-state index is 0.0332. The second kappa shape index (κ2) is 4.54. The van der Waals surface area contributed by atoms with Crippen molar-refractivity contribution < 1.29 is 9.90 Å². The summed E-state index contributed by atoms with van der Waals surface area (Å²) >= 11 is 0. The lowest BCUT2D eigenvalue weighted by molar-refractivity contribution is -0.116. The summed E-state index contributed by atoms with van der Waals surface area (Å²) in [6.45, 7) is 4.31. The van der Waals surface area contributed by atoms with E-state index in [0.717, 1.165) is 23.2 Å². The summed E-state index contributed by atoms with van der Waals surface area (Å²) < 4.78 is 0. The summed E-state index contributed by atoms with van der Waals surface area (Å²) in [6.07, 6.45) is 2.98. The quantitative estimate of drug-likeness (QED) is 0.867. The monoisotopic (exact) mass is 272 g/mol. The number of hydrogen-bond acceptors (Lipinski definition) is 3. The van der Waals surface area contributed by atoms with Crippen molar-refractivity contribution in [3.8, 4) is 5.75 Å². The Morgan fingerprint density at radius 3 is 2.90 bits per heavy atom. The molecule has 0 saturated carbocycles. The molecule has 1 amide bonds. The fraction of sp³-hybridized carbons (Fsp3) is 0.438. The summed E-state index contributed by atoms with van der Waals surface area (Å²) in [4.78, 5) is 14.3. The van der Waals surface area contributed by atoms with Gasteiger partial charge in [-0.25, -0.2) is 0 Å². The normalized spacial score (nSPS) is 25.6. The Kier molecular flexibility index (Phi) is 2.96. The van der Waals surface area contributed by atoms with Gasteiger partial charge in [0.1, 0.15) is 5.75 Å². The van der Waals surface area contributed by atoms with E-state index in [1.807, 2.05) is 19.2 Å². The zero-order valence-corrected chi connectivity index (χ0v) is 12.1. The molecular formula is C16H20N2O2. The fourth-order valence-electron chi connectivity index (χ4n) is 3.23. The molecule has 1 unspecified atom stereocenters. The Labute approximate surface area is 119 Å². The number of nitrogens with zero attached hydrogens (tertiary/aromatic N) is 1. The average Bonchev–Trinajstić information content (AvgIpc) is 2.77. The molecule has 0 aromatic heterocycles. The number of aromatic hydroxyl groups is 1. The molecule has 106 valence electrons. The van der Waals surface area contributed by atoms with E-state index in [1.54, 1.807) is 12.1 Å². The lowest BCUT2D eigenvalue weighted by atomic mass is 9.87. The van der Waals surface area contributed by atoms with Crippen molar-refractivity contribution in [2.45, 2.75) is 32.4 Å². The third-order valence-corrected chi connectivity index (χ3v) is 4.60. The van der Waals surface area contributed by atoms with Gasteiger partial charge in [0, 0.05) is 24.4 Å². The van der Waals surface area contributed by atoms with E-state index in [0.29, 0.717) is 5.92 Å². The molecular weight excluding hydrogens is 252 g/mol. The fourth-order valence-corrected chi connectivity index (χ4v) is 3.23. The molecule has 0 bridgehead atoms. The van der Waals surface area contributed by atoms with Crippen molar-refractivity contribution in [3.05, 3.63) is 29.3 Å². The van der Waals surface area contributed by atoms with Crippen LogP contribution in [0.4, 0.5) is 5.69 Å². The van der Waals surface area contributed by atoms with Gasteiger partial charge in [-0.3, -0.25) is 4.79 Å². The Morgan fingerprint density at radius 2 is 2.20 bits per heavy atom. The number of phenolic OH excluding ortho intramolecular Hbond substituents is 1. The highest BCUT2D eigenvalue weighted by Gasteiger charge is 2.44. The maximum atomic E-state index is 12.2. The molecule has 1 aromatic carbocycles. The van der Waals surface area contributed by atoms with Crippen molar-refractivity contribution in [1.82, 2.24) is 5.32 Å². The molecule has 0 aliphatic carbocycles. The predicted octanol–water partition coefficient (Wildman–Crippen LogP) is 2.14. The van der Waals surface area contributed by atoms with Gasteiger partial charge in [-0.15, -0.1) is 0 Å². The number of anilines is 1. The summed E-state index contributed by atoms with van der Waals surface area (Å²) in [7, 11) is 1.99. The zero-order valence-electron chi connectivity index (χ0n) is 12.1. The standard InChI is InChI=1S/C16H20N2O2/c1-4-9(2)14-15-12(16(20)17-14)7-10-5-6-11(19)8-13(10)18(15)3/h5-9,14-15,19H,4H2,1-3H3,(H,17,20)/t9-,14+,15?/m1/s1. The lowest BCUT2D eigenvalue weighted by Gasteiger charge is -2.37. The summed E-state index contributed by atoms with van der Waals surface area (Å²) in [5.74, 6) is 0.701. The highest BCUT2D eigenvalue weighted by atomic mass is 16.3. The van der Waals surface area contributed by atoms with Gasteiger partial charge in [-0.05, 0) is 29.7 Å². The number of phenols is 1. The SMILES string of the molecule is CC[C@@H](C)[C@@H]1NC(=O)C2=Cc3ccc(O)cc3N(C)C21. The van der Waals surface area contributed by atoms with E-state index in [4.69, 9.17) is 0 Å². The van der Waals surface area contributed by atoms with E-state index in [1.165, 1.54) is 0 Å². The maximum absolute atomic E-state index is 12.2. The number of carbonyl (C=O) groups excluding carboxylic acids is 1. The first-order valence-corrected chi connectivity index (χ1v) is 7.11. The molecule has 20 heavy (non-hydrogen) atoms. The van der Waals surface area contributed by atoms with Crippen LogP contribution >= 0.6 is 0 Å². The molecule has 1 aromatic rings. The summed E-state index contributed by atoms with van der Waals surface area (Å²) in [5, 5.41) is 12.8. The molecule has 1 fully saturated rings. The molecule has 3 rings (SSSR count). The molecule has 2 N–H and O–H groups in total. The summed E-state index contributed by atoms with van der Waals surface area (Å²) in [6, 6.07) is 5.45.